The van der Waals surface area contributed by atoms with Crippen LogP contribution in [0.3, 0.4) is 0 Å². The summed E-state index contributed by atoms with van der Waals surface area (Å²) < 4.78 is 31.2. The van der Waals surface area contributed by atoms with E-state index >= 15 is 0 Å². The molecule has 1 saturated heterocycles. The van der Waals surface area contributed by atoms with Gasteiger partial charge < -0.3 is 10.5 Å². The number of sulfonamides is 1. The Morgan fingerprint density at radius 2 is 2.20 bits per heavy atom. The summed E-state index contributed by atoms with van der Waals surface area (Å²) in [6.45, 7) is 0.866. The Hall–Kier alpha value is -1.71. The van der Waals surface area contributed by atoms with Crippen molar-refractivity contribution < 1.29 is 18.1 Å². The molecule has 1 fully saturated rings. The average molecular weight is 301 g/mol. The fourth-order valence-corrected chi connectivity index (χ4v) is 3.44. The fourth-order valence-electron chi connectivity index (χ4n) is 2.03. The second-order valence-corrected chi connectivity index (χ2v) is 6.51. The zero-order valence-electron chi connectivity index (χ0n) is 10.9. The van der Waals surface area contributed by atoms with E-state index < -0.39 is 14.9 Å². The van der Waals surface area contributed by atoms with Crippen LogP contribution in [0, 0.1) is 10.1 Å². The van der Waals surface area contributed by atoms with Crippen LogP contribution in [0.4, 0.5) is 11.4 Å². The summed E-state index contributed by atoms with van der Waals surface area (Å²) in [5, 5.41) is 10.7. The summed E-state index contributed by atoms with van der Waals surface area (Å²) in [5.74, 6) is 0. The summed E-state index contributed by atoms with van der Waals surface area (Å²) in [6, 6.07) is 3.17. The molecule has 0 amide bonds. The van der Waals surface area contributed by atoms with Crippen LogP contribution >= 0.6 is 0 Å². The number of hydrogen-bond acceptors (Lipinski definition) is 6. The Labute approximate surface area is 116 Å². The van der Waals surface area contributed by atoms with E-state index in [1.54, 1.807) is 0 Å². The van der Waals surface area contributed by atoms with Crippen LogP contribution in [0.15, 0.2) is 23.1 Å². The summed E-state index contributed by atoms with van der Waals surface area (Å²) in [4.78, 5) is 9.96. The Kier molecular flexibility index (Phi) is 3.93. The van der Waals surface area contributed by atoms with Gasteiger partial charge in [-0.3, -0.25) is 10.1 Å². The predicted octanol–water partition coefficient (Wildman–Crippen LogP) is 0.586. The second kappa shape index (κ2) is 5.35. The lowest BCUT2D eigenvalue weighted by atomic mass is 10.3. The normalized spacial score (nSPS) is 19.4. The highest BCUT2D eigenvalue weighted by Gasteiger charge is 2.31. The maximum Gasteiger partial charge on any atom is 0.292 e. The van der Waals surface area contributed by atoms with Gasteiger partial charge in [0.05, 0.1) is 22.5 Å². The van der Waals surface area contributed by atoms with Crippen LogP contribution in [0.2, 0.25) is 0 Å². The third-order valence-electron chi connectivity index (χ3n) is 3.29. The first-order valence-electron chi connectivity index (χ1n) is 5.93. The van der Waals surface area contributed by atoms with Gasteiger partial charge in [-0.1, -0.05) is 0 Å². The van der Waals surface area contributed by atoms with Crippen LogP contribution < -0.4 is 5.73 Å². The number of hydrogen-bond donors (Lipinski definition) is 1. The van der Waals surface area contributed by atoms with Gasteiger partial charge in [0.1, 0.15) is 5.69 Å². The van der Waals surface area contributed by atoms with Crippen molar-refractivity contribution in [3.05, 3.63) is 28.3 Å². The maximum atomic E-state index is 12.4. The number of nitrogens with two attached hydrogens (primary N) is 1. The highest BCUT2D eigenvalue weighted by atomic mass is 32.2. The van der Waals surface area contributed by atoms with Crippen molar-refractivity contribution in [3.8, 4) is 0 Å². The summed E-state index contributed by atoms with van der Waals surface area (Å²) in [7, 11) is -2.27. The predicted molar refractivity (Wildman–Crippen MR) is 71.7 cm³/mol. The first kappa shape index (κ1) is 14.7. The molecule has 1 atom stereocenters. The third kappa shape index (κ3) is 2.60. The Bertz CT molecular complexity index is 625. The van der Waals surface area contributed by atoms with Crippen molar-refractivity contribution in [2.75, 3.05) is 26.0 Å². The molecule has 1 heterocycles. The summed E-state index contributed by atoms with van der Waals surface area (Å²) >= 11 is 0. The smallest absolute Gasteiger partial charge is 0.292 e. The van der Waals surface area contributed by atoms with E-state index in [0.717, 1.165) is 12.1 Å². The van der Waals surface area contributed by atoms with E-state index in [2.05, 4.69) is 0 Å². The molecule has 2 rings (SSSR count). The van der Waals surface area contributed by atoms with Crippen molar-refractivity contribution in [1.29, 1.82) is 0 Å². The molecule has 0 bridgehead atoms. The van der Waals surface area contributed by atoms with E-state index in [0.29, 0.717) is 19.6 Å². The first-order valence-corrected chi connectivity index (χ1v) is 7.37. The number of likely N-dealkylation sites (N-methyl/N-ethyl adjacent to an activating group) is 1. The average Bonchev–Trinajstić information content (AvgIpc) is 2.90. The van der Waals surface area contributed by atoms with E-state index in [4.69, 9.17) is 10.5 Å². The highest BCUT2D eigenvalue weighted by molar-refractivity contribution is 7.89. The minimum Gasteiger partial charge on any atom is -0.393 e. The van der Waals surface area contributed by atoms with Gasteiger partial charge in [-0.2, -0.15) is 4.31 Å². The lowest BCUT2D eigenvalue weighted by Crippen LogP contribution is -2.37. The molecule has 0 spiro atoms. The van der Waals surface area contributed by atoms with Crippen molar-refractivity contribution in [3.63, 3.8) is 0 Å². The summed E-state index contributed by atoms with van der Waals surface area (Å²) in [6.07, 6.45) is 0.623. The lowest BCUT2D eigenvalue weighted by molar-refractivity contribution is -0.383. The second-order valence-electron chi connectivity index (χ2n) is 4.52. The van der Waals surface area contributed by atoms with Crippen LogP contribution in [0.25, 0.3) is 0 Å². The van der Waals surface area contributed by atoms with Gasteiger partial charge in [-0.05, 0) is 18.6 Å². The van der Waals surface area contributed by atoms with Crippen molar-refractivity contribution in [2.24, 2.45) is 0 Å². The maximum absolute atomic E-state index is 12.4. The number of nitrogens with zero attached hydrogens (tertiary/aromatic N) is 2. The van der Waals surface area contributed by atoms with Gasteiger partial charge in [-0.25, -0.2) is 8.42 Å². The molecule has 9 heteroatoms. The van der Waals surface area contributed by atoms with Crippen molar-refractivity contribution >= 4 is 21.4 Å². The summed E-state index contributed by atoms with van der Waals surface area (Å²) in [5.41, 5.74) is 5.04. The minimum absolute atomic E-state index is 0.0602. The van der Waals surface area contributed by atoms with E-state index in [9.17, 15) is 18.5 Å². The Morgan fingerprint density at radius 1 is 1.50 bits per heavy atom. The minimum atomic E-state index is -3.74. The van der Waals surface area contributed by atoms with Gasteiger partial charge in [0.15, 0.2) is 0 Å². The molecule has 110 valence electrons. The molecule has 1 aliphatic heterocycles. The molecular formula is C11H15N3O5S. The topological polar surface area (TPSA) is 116 Å². The number of ether oxygens (including phenoxy) is 1. The number of nitro benzene ring substituents is 1. The molecule has 20 heavy (non-hydrogen) atoms. The van der Waals surface area contributed by atoms with Gasteiger partial charge in [0.2, 0.25) is 10.0 Å². The van der Waals surface area contributed by atoms with Gasteiger partial charge in [0.25, 0.3) is 5.69 Å². The first-order chi connectivity index (χ1) is 9.34. The standard InChI is InChI=1S/C11H15N3O5S/c1-13(8-4-5-19-7-8)20(17,18)9-2-3-11(14(15)16)10(12)6-9/h2-3,6,8H,4-5,7,12H2,1H3. The Morgan fingerprint density at radius 3 is 2.70 bits per heavy atom. The molecular weight excluding hydrogens is 286 g/mol. The highest BCUT2D eigenvalue weighted by Crippen LogP contribution is 2.27. The van der Waals surface area contributed by atoms with Gasteiger partial charge in [0, 0.05) is 19.7 Å². The molecule has 1 aliphatic rings. The quantitative estimate of drug-likeness (QED) is 0.494. The van der Waals surface area contributed by atoms with Crippen LogP contribution in [0.5, 0.6) is 0 Å². The molecule has 1 unspecified atom stereocenters. The number of nitro groups is 1. The molecule has 0 aliphatic carbocycles. The number of rotatable bonds is 4. The third-order valence-corrected chi connectivity index (χ3v) is 5.20. The largest absolute Gasteiger partial charge is 0.393 e. The van der Waals surface area contributed by atoms with Crippen LogP contribution in [-0.4, -0.2) is 43.9 Å². The van der Waals surface area contributed by atoms with Crippen molar-refractivity contribution in [2.45, 2.75) is 17.4 Å². The van der Waals surface area contributed by atoms with Crippen LogP contribution in [0.1, 0.15) is 6.42 Å². The molecule has 0 aromatic heterocycles. The Balaban J connectivity index is 2.34. The van der Waals surface area contributed by atoms with Gasteiger partial charge in [-0.15, -0.1) is 0 Å². The molecule has 2 N–H and O–H groups in total. The monoisotopic (exact) mass is 301 g/mol. The van der Waals surface area contributed by atoms with E-state index in [-0.39, 0.29) is 22.3 Å². The van der Waals surface area contributed by atoms with Crippen LogP contribution in [-0.2, 0) is 14.8 Å². The zero-order chi connectivity index (χ0) is 14.9. The molecule has 1 aromatic carbocycles. The zero-order valence-corrected chi connectivity index (χ0v) is 11.7. The van der Waals surface area contributed by atoms with E-state index in [1.807, 2.05) is 0 Å². The number of nitrogen functional groups attached to an aromatic ring is 1. The number of anilines is 1. The molecule has 1 aromatic rings. The van der Waals surface area contributed by atoms with Crippen molar-refractivity contribution in [1.82, 2.24) is 4.31 Å². The number of benzene rings is 1. The molecule has 0 radical (unpaired) electrons. The fraction of sp³-hybridized carbons (Fsp3) is 0.455. The van der Waals surface area contributed by atoms with Gasteiger partial charge >= 0.3 is 0 Å². The lowest BCUT2D eigenvalue weighted by Gasteiger charge is -2.22. The molecule has 0 saturated carbocycles. The van der Waals surface area contributed by atoms with E-state index in [1.165, 1.54) is 17.4 Å². The molecule has 8 nitrogen and oxygen atoms in total. The SMILES string of the molecule is CN(C1CCOC1)S(=O)(=O)c1ccc([N+](=O)[O-])c(N)c1.